The van der Waals surface area contributed by atoms with E-state index in [4.69, 9.17) is 9.47 Å². The molecule has 0 unspecified atom stereocenters. The van der Waals surface area contributed by atoms with E-state index in [2.05, 4.69) is 40.3 Å². The van der Waals surface area contributed by atoms with E-state index in [0.717, 1.165) is 26.9 Å². The van der Waals surface area contributed by atoms with Crippen LogP contribution in [0.15, 0.2) is 46.0 Å². The van der Waals surface area contributed by atoms with Crippen molar-refractivity contribution in [1.82, 2.24) is 5.43 Å². The Bertz CT molecular complexity index is 819. The minimum absolute atomic E-state index is 0.0999. The zero-order chi connectivity index (χ0) is 19.8. The van der Waals surface area contributed by atoms with Gasteiger partial charge in [-0.25, -0.2) is 5.43 Å². The number of hydrazone groups is 1. The Hall–Kier alpha value is -2.34. The third-order valence-electron chi connectivity index (χ3n) is 3.81. The number of rotatable bonds is 8. The van der Waals surface area contributed by atoms with Crippen LogP contribution in [0.3, 0.4) is 0 Å². The first-order valence-electron chi connectivity index (χ1n) is 8.88. The summed E-state index contributed by atoms with van der Waals surface area (Å²) in [6, 6.07) is 11.6. The normalized spacial score (nSPS) is 11.0. The van der Waals surface area contributed by atoms with E-state index in [0.29, 0.717) is 18.3 Å². The van der Waals surface area contributed by atoms with Crippen LogP contribution in [-0.2, 0) is 4.79 Å². The molecule has 27 heavy (non-hydrogen) atoms. The first-order valence-corrected chi connectivity index (χ1v) is 9.67. The van der Waals surface area contributed by atoms with Gasteiger partial charge < -0.3 is 9.47 Å². The molecule has 0 aliphatic rings. The number of ether oxygens (including phenoxy) is 2. The maximum atomic E-state index is 12.1. The number of hydrogen-bond donors (Lipinski definition) is 1. The first-order chi connectivity index (χ1) is 12.9. The molecular formula is C21H25BrN2O3. The fraction of sp³-hybridized carbons (Fsp3) is 0.333. The summed E-state index contributed by atoms with van der Waals surface area (Å²) < 4.78 is 12.2. The maximum Gasteiger partial charge on any atom is 0.277 e. The van der Waals surface area contributed by atoms with Crippen LogP contribution in [0.5, 0.6) is 11.5 Å². The standard InChI is InChI=1S/C21H25BrN2O3/c1-5-26-19-9-7-17(22)11-16(19)12-23-24-21(25)13-27-20-10-15(4)6-8-18(20)14(2)3/h6-12,14H,5,13H2,1-4H3,(H,24,25)/b23-12+. The second-order valence-corrected chi connectivity index (χ2v) is 7.31. The summed E-state index contributed by atoms with van der Waals surface area (Å²) in [4.78, 5) is 12.1. The molecule has 0 bridgehead atoms. The number of carbonyl (C=O) groups excluding carboxylic acids is 1. The number of amides is 1. The van der Waals surface area contributed by atoms with Crippen molar-refractivity contribution in [3.63, 3.8) is 0 Å². The van der Waals surface area contributed by atoms with Gasteiger partial charge in [-0.15, -0.1) is 0 Å². The molecule has 1 N–H and O–H groups in total. The van der Waals surface area contributed by atoms with Gasteiger partial charge in [0.05, 0.1) is 12.8 Å². The van der Waals surface area contributed by atoms with Crippen LogP contribution in [0.25, 0.3) is 0 Å². The smallest absolute Gasteiger partial charge is 0.277 e. The number of halogens is 1. The fourth-order valence-corrected chi connectivity index (χ4v) is 2.88. The van der Waals surface area contributed by atoms with Crippen molar-refractivity contribution in [1.29, 1.82) is 0 Å². The predicted octanol–water partition coefficient (Wildman–Crippen LogP) is 4.81. The summed E-state index contributed by atoms with van der Waals surface area (Å²) in [5, 5.41) is 4.01. The number of benzene rings is 2. The van der Waals surface area contributed by atoms with Crippen LogP contribution < -0.4 is 14.9 Å². The molecule has 0 aliphatic carbocycles. The molecule has 2 rings (SSSR count). The van der Waals surface area contributed by atoms with Crippen LogP contribution in [0.1, 0.15) is 43.4 Å². The van der Waals surface area contributed by atoms with Gasteiger partial charge in [-0.05, 0) is 55.2 Å². The zero-order valence-electron chi connectivity index (χ0n) is 16.1. The largest absolute Gasteiger partial charge is 0.493 e. The van der Waals surface area contributed by atoms with Crippen LogP contribution >= 0.6 is 15.9 Å². The molecule has 5 nitrogen and oxygen atoms in total. The summed E-state index contributed by atoms with van der Waals surface area (Å²) in [6.45, 7) is 8.55. The highest BCUT2D eigenvalue weighted by molar-refractivity contribution is 9.10. The monoisotopic (exact) mass is 432 g/mol. The summed E-state index contributed by atoms with van der Waals surface area (Å²) in [5.41, 5.74) is 5.42. The molecule has 0 aliphatic heterocycles. The second-order valence-electron chi connectivity index (χ2n) is 6.39. The molecule has 0 saturated heterocycles. The Balaban J connectivity index is 1.97. The lowest BCUT2D eigenvalue weighted by atomic mass is 10.0. The van der Waals surface area contributed by atoms with Crippen LogP contribution in [-0.4, -0.2) is 25.3 Å². The van der Waals surface area contributed by atoms with E-state index in [-0.39, 0.29) is 12.5 Å². The Morgan fingerprint density at radius 1 is 1.19 bits per heavy atom. The Morgan fingerprint density at radius 3 is 2.67 bits per heavy atom. The molecule has 0 aromatic heterocycles. The summed E-state index contributed by atoms with van der Waals surface area (Å²) >= 11 is 3.42. The van der Waals surface area contributed by atoms with Crippen molar-refractivity contribution in [3.8, 4) is 11.5 Å². The maximum absolute atomic E-state index is 12.1. The third-order valence-corrected chi connectivity index (χ3v) is 4.31. The van der Waals surface area contributed by atoms with Crippen molar-refractivity contribution in [2.45, 2.75) is 33.6 Å². The van der Waals surface area contributed by atoms with E-state index in [9.17, 15) is 4.79 Å². The van der Waals surface area contributed by atoms with Gasteiger partial charge in [0.25, 0.3) is 5.91 Å². The molecule has 0 radical (unpaired) electrons. The summed E-state index contributed by atoms with van der Waals surface area (Å²) in [5.74, 6) is 1.43. The van der Waals surface area contributed by atoms with Crippen molar-refractivity contribution < 1.29 is 14.3 Å². The van der Waals surface area contributed by atoms with Crippen LogP contribution in [0.2, 0.25) is 0 Å². The van der Waals surface area contributed by atoms with Gasteiger partial charge in [0, 0.05) is 10.0 Å². The molecule has 6 heteroatoms. The van der Waals surface area contributed by atoms with Gasteiger partial charge in [-0.2, -0.15) is 5.10 Å². The topological polar surface area (TPSA) is 59.9 Å². The highest BCUT2D eigenvalue weighted by Gasteiger charge is 2.10. The number of carbonyl (C=O) groups is 1. The zero-order valence-corrected chi connectivity index (χ0v) is 17.7. The number of hydrogen-bond acceptors (Lipinski definition) is 4. The molecule has 0 heterocycles. The Morgan fingerprint density at radius 2 is 1.96 bits per heavy atom. The van der Waals surface area contributed by atoms with E-state index in [1.807, 2.05) is 50.2 Å². The van der Waals surface area contributed by atoms with Crippen molar-refractivity contribution in [3.05, 3.63) is 57.6 Å². The predicted molar refractivity (Wildman–Crippen MR) is 112 cm³/mol. The number of aryl methyl sites for hydroxylation is 1. The summed E-state index contributed by atoms with van der Waals surface area (Å²) in [7, 11) is 0. The minimum atomic E-state index is -0.324. The van der Waals surface area contributed by atoms with E-state index in [1.54, 1.807) is 6.21 Å². The highest BCUT2D eigenvalue weighted by Crippen LogP contribution is 2.27. The molecule has 0 atom stereocenters. The van der Waals surface area contributed by atoms with E-state index in [1.165, 1.54) is 0 Å². The Kier molecular flexibility index (Phi) is 7.85. The van der Waals surface area contributed by atoms with Gasteiger partial charge in [-0.3, -0.25) is 4.79 Å². The van der Waals surface area contributed by atoms with Gasteiger partial charge in [0.1, 0.15) is 11.5 Å². The first kappa shape index (κ1) is 21.0. The van der Waals surface area contributed by atoms with E-state index >= 15 is 0 Å². The molecule has 1 amide bonds. The quantitative estimate of drug-likeness (QED) is 0.480. The van der Waals surface area contributed by atoms with Crippen molar-refractivity contribution >= 4 is 28.1 Å². The van der Waals surface area contributed by atoms with Crippen LogP contribution in [0, 0.1) is 6.92 Å². The van der Waals surface area contributed by atoms with Gasteiger partial charge in [-0.1, -0.05) is 41.9 Å². The second kappa shape index (κ2) is 10.1. The van der Waals surface area contributed by atoms with Gasteiger partial charge in [0.2, 0.25) is 0 Å². The highest BCUT2D eigenvalue weighted by atomic mass is 79.9. The van der Waals surface area contributed by atoms with Crippen molar-refractivity contribution in [2.24, 2.45) is 5.10 Å². The average molecular weight is 433 g/mol. The summed E-state index contributed by atoms with van der Waals surface area (Å²) in [6.07, 6.45) is 1.56. The molecule has 0 fully saturated rings. The SMILES string of the molecule is CCOc1ccc(Br)cc1/C=N/NC(=O)COc1cc(C)ccc1C(C)C. The lowest BCUT2D eigenvalue weighted by Crippen LogP contribution is -2.25. The molecule has 2 aromatic rings. The minimum Gasteiger partial charge on any atom is -0.493 e. The van der Waals surface area contributed by atoms with Gasteiger partial charge >= 0.3 is 0 Å². The fourth-order valence-electron chi connectivity index (χ4n) is 2.50. The van der Waals surface area contributed by atoms with Gasteiger partial charge in [0.15, 0.2) is 6.61 Å². The lowest BCUT2D eigenvalue weighted by Gasteiger charge is -2.14. The average Bonchev–Trinajstić information content (AvgIpc) is 2.62. The van der Waals surface area contributed by atoms with E-state index < -0.39 is 0 Å². The lowest BCUT2D eigenvalue weighted by molar-refractivity contribution is -0.123. The molecule has 0 saturated carbocycles. The molecule has 0 spiro atoms. The molecule has 144 valence electrons. The molecule has 2 aromatic carbocycles. The third kappa shape index (κ3) is 6.40. The number of nitrogens with one attached hydrogen (secondary N) is 1. The molecular weight excluding hydrogens is 408 g/mol. The van der Waals surface area contributed by atoms with Crippen LogP contribution in [0.4, 0.5) is 0 Å². The van der Waals surface area contributed by atoms with Crippen molar-refractivity contribution in [2.75, 3.05) is 13.2 Å². The Labute approximate surface area is 168 Å². The number of nitrogens with zero attached hydrogens (tertiary/aromatic N) is 1.